The number of likely N-dealkylation sites (N-methyl/N-ethyl adjacent to an activating group) is 1. The predicted octanol–water partition coefficient (Wildman–Crippen LogP) is -1.71. The molecule has 2 amide bonds. The van der Waals surface area contributed by atoms with E-state index in [1.165, 1.54) is 0 Å². The molecular weight excluding hydrogens is 198 g/mol. The van der Waals surface area contributed by atoms with E-state index in [0.717, 1.165) is 0 Å². The van der Waals surface area contributed by atoms with Crippen LogP contribution >= 0.6 is 0 Å². The maximum absolute atomic E-state index is 11.4. The third-order valence-electron chi connectivity index (χ3n) is 2.06. The molecule has 1 atom stereocenters. The van der Waals surface area contributed by atoms with Crippen LogP contribution in [0.3, 0.4) is 0 Å². The molecule has 0 saturated carbocycles. The molecule has 1 unspecified atom stereocenters. The Morgan fingerprint density at radius 3 is 2.33 bits per heavy atom. The highest BCUT2D eigenvalue weighted by atomic mass is 16.3. The Morgan fingerprint density at radius 2 is 1.93 bits per heavy atom. The van der Waals surface area contributed by atoms with Crippen molar-refractivity contribution >= 4 is 11.8 Å². The lowest BCUT2D eigenvalue weighted by Gasteiger charge is -2.19. The molecule has 0 spiro atoms. The summed E-state index contributed by atoms with van der Waals surface area (Å²) in [5.41, 5.74) is 4.84. The van der Waals surface area contributed by atoms with Crippen molar-refractivity contribution in [2.24, 2.45) is 5.73 Å². The molecule has 0 bridgehead atoms. The Labute approximate surface area is 89.4 Å². The van der Waals surface area contributed by atoms with Gasteiger partial charge in [0.1, 0.15) is 6.10 Å². The second kappa shape index (κ2) is 7.19. The Hall–Kier alpha value is -1.14. The number of aliphatic hydroxyl groups is 1. The zero-order valence-electron chi connectivity index (χ0n) is 9.19. The molecule has 0 aromatic heterocycles. The third-order valence-corrected chi connectivity index (χ3v) is 2.06. The number of nitrogens with two attached hydrogens (primary N) is 1. The van der Waals surface area contributed by atoms with Crippen LogP contribution in [-0.2, 0) is 9.59 Å². The summed E-state index contributed by atoms with van der Waals surface area (Å²) < 4.78 is 0. The second-order valence-electron chi connectivity index (χ2n) is 3.12. The number of hydrogen-bond acceptors (Lipinski definition) is 4. The maximum atomic E-state index is 11.4. The van der Waals surface area contributed by atoms with Gasteiger partial charge in [0, 0.05) is 19.6 Å². The normalized spacial score (nSPS) is 12.2. The van der Waals surface area contributed by atoms with Gasteiger partial charge in [-0.25, -0.2) is 0 Å². The summed E-state index contributed by atoms with van der Waals surface area (Å²) in [5.74, 6) is -0.852. The summed E-state index contributed by atoms with van der Waals surface area (Å²) in [6.45, 7) is 5.18. The molecule has 6 heteroatoms. The Kier molecular flexibility index (Phi) is 6.64. The van der Waals surface area contributed by atoms with Gasteiger partial charge >= 0.3 is 0 Å². The zero-order chi connectivity index (χ0) is 11.8. The minimum atomic E-state index is -1.24. The number of nitrogens with zero attached hydrogens (tertiary/aromatic N) is 1. The van der Waals surface area contributed by atoms with Crippen LogP contribution in [0.2, 0.25) is 0 Å². The summed E-state index contributed by atoms with van der Waals surface area (Å²) in [6.07, 6.45) is -1.24. The predicted molar refractivity (Wildman–Crippen MR) is 56.0 cm³/mol. The number of nitrogens with one attached hydrogen (secondary N) is 1. The minimum absolute atomic E-state index is 0.00232. The number of primary amides is 1. The molecule has 0 saturated heterocycles. The third kappa shape index (κ3) is 5.34. The van der Waals surface area contributed by atoms with Gasteiger partial charge in [-0.15, -0.1) is 0 Å². The molecule has 0 rings (SSSR count). The summed E-state index contributed by atoms with van der Waals surface area (Å²) in [5, 5.41) is 11.7. The molecule has 0 fully saturated rings. The van der Waals surface area contributed by atoms with Gasteiger partial charge in [0.15, 0.2) is 0 Å². The molecule has 0 aliphatic heterocycles. The molecule has 0 aliphatic carbocycles. The first-order chi connectivity index (χ1) is 7.02. The van der Waals surface area contributed by atoms with Gasteiger partial charge in [-0.3, -0.25) is 9.59 Å². The van der Waals surface area contributed by atoms with Crippen LogP contribution in [0.25, 0.3) is 0 Å². The average molecular weight is 217 g/mol. The molecule has 15 heavy (non-hydrogen) atoms. The first-order valence-electron chi connectivity index (χ1n) is 4.98. The monoisotopic (exact) mass is 217 g/mol. The quantitative estimate of drug-likeness (QED) is 0.473. The van der Waals surface area contributed by atoms with Gasteiger partial charge in [-0.05, 0) is 13.8 Å². The highest BCUT2D eigenvalue weighted by Gasteiger charge is 2.12. The van der Waals surface area contributed by atoms with Crippen LogP contribution in [0.1, 0.15) is 13.8 Å². The number of rotatable bonds is 7. The van der Waals surface area contributed by atoms with Crippen LogP contribution in [0.5, 0.6) is 0 Å². The molecule has 0 heterocycles. The Balaban J connectivity index is 3.76. The number of carbonyl (C=O) groups is 2. The average Bonchev–Trinajstić information content (AvgIpc) is 2.19. The molecule has 0 aromatic rings. The Morgan fingerprint density at radius 1 is 1.40 bits per heavy atom. The van der Waals surface area contributed by atoms with Crippen molar-refractivity contribution in [1.29, 1.82) is 0 Å². The van der Waals surface area contributed by atoms with Gasteiger partial charge in [-0.2, -0.15) is 0 Å². The lowest BCUT2D eigenvalue weighted by molar-refractivity contribution is -0.130. The van der Waals surface area contributed by atoms with Crippen molar-refractivity contribution in [3.63, 3.8) is 0 Å². The summed E-state index contributed by atoms with van der Waals surface area (Å²) in [4.78, 5) is 23.5. The minimum Gasteiger partial charge on any atom is -0.382 e. The van der Waals surface area contributed by atoms with Gasteiger partial charge in [0.05, 0.1) is 6.54 Å². The van der Waals surface area contributed by atoms with E-state index in [4.69, 9.17) is 10.8 Å². The maximum Gasteiger partial charge on any atom is 0.247 e. The molecule has 88 valence electrons. The zero-order valence-corrected chi connectivity index (χ0v) is 9.19. The number of carbonyl (C=O) groups excluding carboxylic acids is 2. The smallest absolute Gasteiger partial charge is 0.247 e. The van der Waals surface area contributed by atoms with E-state index in [1.807, 2.05) is 13.8 Å². The fourth-order valence-electron chi connectivity index (χ4n) is 1.10. The van der Waals surface area contributed by atoms with E-state index in [2.05, 4.69) is 5.32 Å². The summed E-state index contributed by atoms with van der Waals surface area (Å²) in [7, 11) is 0. The summed E-state index contributed by atoms with van der Waals surface area (Å²) in [6, 6.07) is 0. The lowest BCUT2D eigenvalue weighted by atomic mass is 10.3. The van der Waals surface area contributed by atoms with Crippen molar-refractivity contribution in [3.8, 4) is 0 Å². The van der Waals surface area contributed by atoms with Crippen LogP contribution in [0.4, 0.5) is 0 Å². The highest BCUT2D eigenvalue weighted by Crippen LogP contribution is 1.87. The standard InChI is InChI=1S/C9H19N3O3/c1-3-12(4-2)8(14)6-11-5-7(13)9(10)15/h7,11,13H,3-6H2,1-2H3,(H2,10,15). The van der Waals surface area contributed by atoms with E-state index in [1.54, 1.807) is 4.90 Å². The van der Waals surface area contributed by atoms with Crippen LogP contribution in [0.15, 0.2) is 0 Å². The van der Waals surface area contributed by atoms with E-state index >= 15 is 0 Å². The summed E-state index contributed by atoms with van der Waals surface area (Å²) >= 11 is 0. The fraction of sp³-hybridized carbons (Fsp3) is 0.778. The van der Waals surface area contributed by atoms with E-state index in [9.17, 15) is 9.59 Å². The van der Waals surface area contributed by atoms with Gasteiger partial charge in [0.25, 0.3) is 0 Å². The van der Waals surface area contributed by atoms with E-state index in [0.29, 0.717) is 13.1 Å². The van der Waals surface area contributed by atoms with Crippen LogP contribution in [-0.4, -0.2) is 54.1 Å². The molecule has 0 aliphatic rings. The van der Waals surface area contributed by atoms with Crippen molar-refractivity contribution in [2.75, 3.05) is 26.2 Å². The van der Waals surface area contributed by atoms with Gasteiger partial charge in [0.2, 0.25) is 11.8 Å². The van der Waals surface area contributed by atoms with Crippen molar-refractivity contribution < 1.29 is 14.7 Å². The topological polar surface area (TPSA) is 95.7 Å². The van der Waals surface area contributed by atoms with Crippen LogP contribution in [0, 0.1) is 0 Å². The first-order valence-corrected chi connectivity index (χ1v) is 4.98. The van der Waals surface area contributed by atoms with Crippen molar-refractivity contribution in [1.82, 2.24) is 10.2 Å². The van der Waals surface area contributed by atoms with Gasteiger partial charge in [-0.1, -0.05) is 0 Å². The fourth-order valence-corrected chi connectivity index (χ4v) is 1.10. The number of hydrogen-bond donors (Lipinski definition) is 3. The number of amides is 2. The van der Waals surface area contributed by atoms with E-state index in [-0.39, 0.29) is 19.0 Å². The Bertz CT molecular complexity index is 217. The highest BCUT2D eigenvalue weighted by molar-refractivity contribution is 5.79. The molecule has 6 nitrogen and oxygen atoms in total. The molecule has 0 radical (unpaired) electrons. The largest absolute Gasteiger partial charge is 0.382 e. The van der Waals surface area contributed by atoms with Gasteiger partial charge < -0.3 is 21.1 Å². The van der Waals surface area contributed by atoms with Crippen LogP contribution < -0.4 is 11.1 Å². The number of aliphatic hydroxyl groups excluding tert-OH is 1. The van der Waals surface area contributed by atoms with Crippen molar-refractivity contribution in [3.05, 3.63) is 0 Å². The molecular formula is C9H19N3O3. The molecule has 0 aromatic carbocycles. The SMILES string of the molecule is CCN(CC)C(=O)CNCC(O)C(N)=O. The van der Waals surface area contributed by atoms with Crippen molar-refractivity contribution in [2.45, 2.75) is 20.0 Å². The first kappa shape index (κ1) is 13.9. The lowest BCUT2D eigenvalue weighted by Crippen LogP contribution is -2.43. The van der Waals surface area contributed by atoms with E-state index < -0.39 is 12.0 Å². The second-order valence-corrected chi connectivity index (χ2v) is 3.12. The molecule has 4 N–H and O–H groups in total.